The average molecular weight is 310 g/mol. The smallest absolute Gasteiger partial charge is 0.230 e. The Morgan fingerprint density at radius 3 is 2.56 bits per heavy atom. The summed E-state index contributed by atoms with van der Waals surface area (Å²) in [5.41, 5.74) is 0.928. The Bertz CT molecular complexity index is 400. The van der Waals surface area contributed by atoms with Gasteiger partial charge in [0.15, 0.2) is 0 Å². The monoisotopic (exact) mass is 309 g/mol. The Morgan fingerprint density at radius 2 is 2.06 bits per heavy atom. The van der Waals surface area contributed by atoms with Crippen LogP contribution in [0.5, 0.6) is 0 Å². The minimum absolute atomic E-state index is 0.210. The van der Waals surface area contributed by atoms with Gasteiger partial charge in [-0.1, -0.05) is 53.2 Å². The predicted molar refractivity (Wildman–Crippen MR) is 78.0 cm³/mol. The van der Waals surface area contributed by atoms with Gasteiger partial charge in [-0.3, -0.25) is 4.79 Å². The predicted octanol–water partition coefficient (Wildman–Crippen LogP) is 3.40. The lowest BCUT2D eigenvalue weighted by Gasteiger charge is -2.21. The lowest BCUT2D eigenvalue weighted by molar-refractivity contribution is -0.124. The number of halogens is 1. The molecule has 2 nitrogen and oxygen atoms in total. The van der Waals surface area contributed by atoms with E-state index in [9.17, 15) is 4.79 Å². The Hall–Kier alpha value is -0.830. The van der Waals surface area contributed by atoms with Crippen molar-refractivity contribution in [2.45, 2.75) is 44.1 Å². The second-order valence-electron chi connectivity index (χ2n) is 5.00. The van der Waals surface area contributed by atoms with E-state index in [1.807, 2.05) is 18.2 Å². The Kier molecular flexibility index (Phi) is 4.44. The first kappa shape index (κ1) is 13.6. The molecule has 0 radical (unpaired) electrons. The molecule has 0 bridgehead atoms. The molecule has 1 unspecified atom stereocenters. The third-order valence-electron chi connectivity index (χ3n) is 3.80. The summed E-state index contributed by atoms with van der Waals surface area (Å²) in [5.74, 6) is 0.210. The fourth-order valence-corrected chi connectivity index (χ4v) is 2.92. The van der Waals surface area contributed by atoms with Crippen molar-refractivity contribution in [1.29, 1.82) is 0 Å². The summed E-state index contributed by atoms with van der Waals surface area (Å²) in [4.78, 5) is 12.4. The molecule has 1 N–H and O–H groups in total. The molecule has 2 rings (SSSR count). The second kappa shape index (κ2) is 5.87. The minimum atomic E-state index is -0.235. The number of rotatable bonds is 6. The van der Waals surface area contributed by atoms with E-state index < -0.39 is 0 Å². The van der Waals surface area contributed by atoms with Crippen LogP contribution >= 0.6 is 15.9 Å². The van der Waals surface area contributed by atoms with Crippen molar-refractivity contribution in [1.82, 2.24) is 5.32 Å². The number of hydrogen-bond donors (Lipinski definition) is 1. The Balaban J connectivity index is 2.05. The number of hydrogen-bond acceptors (Lipinski definition) is 1. The second-order valence-corrected chi connectivity index (χ2v) is 5.80. The van der Waals surface area contributed by atoms with E-state index in [-0.39, 0.29) is 17.4 Å². The van der Waals surface area contributed by atoms with Crippen LogP contribution in [0.2, 0.25) is 0 Å². The van der Waals surface area contributed by atoms with Crippen molar-refractivity contribution >= 4 is 21.8 Å². The number of alkyl halides is 1. The SMILES string of the molecule is CCC(CCBr)NC(=O)C1(c2ccccc2)CC1. The van der Waals surface area contributed by atoms with Crippen molar-refractivity contribution in [3.8, 4) is 0 Å². The number of amides is 1. The highest BCUT2D eigenvalue weighted by molar-refractivity contribution is 9.09. The van der Waals surface area contributed by atoms with Crippen LogP contribution in [0.25, 0.3) is 0 Å². The van der Waals surface area contributed by atoms with Gasteiger partial charge in [0.2, 0.25) is 5.91 Å². The van der Waals surface area contributed by atoms with Gasteiger partial charge < -0.3 is 5.32 Å². The summed E-state index contributed by atoms with van der Waals surface area (Å²) < 4.78 is 0. The molecule has 3 heteroatoms. The zero-order valence-corrected chi connectivity index (χ0v) is 12.4. The third-order valence-corrected chi connectivity index (χ3v) is 4.25. The molecular formula is C15H20BrNO. The van der Waals surface area contributed by atoms with Crippen LogP contribution in [0, 0.1) is 0 Å². The van der Waals surface area contributed by atoms with Gasteiger partial charge in [0, 0.05) is 11.4 Å². The van der Waals surface area contributed by atoms with Crippen LogP contribution in [-0.2, 0) is 10.2 Å². The van der Waals surface area contributed by atoms with E-state index in [0.717, 1.165) is 36.6 Å². The Labute approximate surface area is 117 Å². The van der Waals surface area contributed by atoms with Gasteiger partial charge in [-0.15, -0.1) is 0 Å². The molecule has 1 atom stereocenters. The molecule has 1 aromatic carbocycles. The molecule has 0 aromatic heterocycles. The standard InChI is InChI=1S/C15H20BrNO/c1-2-13(8-11-16)17-14(18)15(9-10-15)12-6-4-3-5-7-12/h3-7,13H,2,8-11H2,1H3,(H,17,18). The normalized spacial score (nSPS) is 18.1. The summed E-state index contributed by atoms with van der Waals surface area (Å²) in [7, 11) is 0. The maximum Gasteiger partial charge on any atom is 0.230 e. The summed E-state index contributed by atoms with van der Waals surface area (Å²) >= 11 is 3.44. The van der Waals surface area contributed by atoms with Crippen LogP contribution < -0.4 is 5.32 Å². The molecule has 0 heterocycles. The van der Waals surface area contributed by atoms with Gasteiger partial charge in [0.1, 0.15) is 0 Å². The molecule has 1 aliphatic carbocycles. The fourth-order valence-electron chi connectivity index (χ4n) is 2.36. The average Bonchev–Trinajstić information content (AvgIpc) is 3.20. The maximum atomic E-state index is 12.4. The van der Waals surface area contributed by atoms with E-state index in [1.54, 1.807) is 0 Å². The summed E-state index contributed by atoms with van der Waals surface area (Å²) in [5, 5.41) is 4.13. The number of nitrogens with one attached hydrogen (secondary N) is 1. The first-order valence-corrected chi connectivity index (χ1v) is 7.77. The first-order chi connectivity index (χ1) is 8.73. The van der Waals surface area contributed by atoms with Crippen LogP contribution in [0.1, 0.15) is 38.2 Å². The zero-order chi connectivity index (χ0) is 13.0. The highest BCUT2D eigenvalue weighted by atomic mass is 79.9. The fraction of sp³-hybridized carbons (Fsp3) is 0.533. The molecular weight excluding hydrogens is 290 g/mol. The van der Waals surface area contributed by atoms with Crippen molar-refractivity contribution < 1.29 is 4.79 Å². The van der Waals surface area contributed by atoms with Gasteiger partial charge in [0.25, 0.3) is 0 Å². The molecule has 0 aliphatic heterocycles. The van der Waals surface area contributed by atoms with E-state index in [4.69, 9.17) is 0 Å². The molecule has 1 aromatic rings. The third kappa shape index (κ3) is 2.77. The summed E-state index contributed by atoms with van der Waals surface area (Å²) in [6.07, 6.45) is 3.94. The molecule has 0 spiro atoms. The van der Waals surface area contributed by atoms with Gasteiger partial charge in [-0.2, -0.15) is 0 Å². The molecule has 1 amide bonds. The summed E-state index contributed by atoms with van der Waals surface area (Å²) in [6.45, 7) is 2.12. The van der Waals surface area contributed by atoms with E-state index in [1.165, 1.54) is 0 Å². The minimum Gasteiger partial charge on any atom is -0.353 e. The number of carbonyl (C=O) groups excluding carboxylic acids is 1. The van der Waals surface area contributed by atoms with E-state index >= 15 is 0 Å². The van der Waals surface area contributed by atoms with Crippen LogP contribution in [0.3, 0.4) is 0 Å². The van der Waals surface area contributed by atoms with Crippen molar-refractivity contribution in [2.75, 3.05) is 5.33 Å². The van der Waals surface area contributed by atoms with E-state index in [0.29, 0.717) is 0 Å². The topological polar surface area (TPSA) is 29.1 Å². The zero-order valence-electron chi connectivity index (χ0n) is 10.8. The maximum absolute atomic E-state index is 12.4. The van der Waals surface area contributed by atoms with Crippen LogP contribution in [-0.4, -0.2) is 17.3 Å². The Morgan fingerprint density at radius 1 is 1.39 bits per heavy atom. The lowest BCUT2D eigenvalue weighted by atomic mass is 9.94. The number of carbonyl (C=O) groups is 1. The van der Waals surface area contributed by atoms with Crippen LogP contribution in [0.4, 0.5) is 0 Å². The van der Waals surface area contributed by atoms with Crippen molar-refractivity contribution in [2.24, 2.45) is 0 Å². The molecule has 1 saturated carbocycles. The molecule has 98 valence electrons. The lowest BCUT2D eigenvalue weighted by Crippen LogP contribution is -2.41. The first-order valence-electron chi connectivity index (χ1n) is 6.65. The van der Waals surface area contributed by atoms with Crippen molar-refractivity contribution in [3.63, 3.8) is 0 Å². The van der Waals surface area contributed by atoms with Gasteiger partial charge in [0.05, 0.1) is 5.41 Å². The molecule has 18 heavy (non-hydrogen) atoms. The number of benzene rings is 1. The van der Waals surface area contributed by atoms with Crippen molar-refractivity contribution in [3.05, 3.63) is 35.9 Å². The van der Waals surface area contributed by atoms with Crippen LogP contribution in [0.15, 0.2) is 30.3 Å². The summed E-state index contributed by atoms with van der Waals surface area (Å²) in [6, 6.07) is 10.4. The van der Waals surface area contributed by atoms with E-state index in [2.05, 4.69) is 40.3 Å². The quantitative estimate of drug-likeness (QED) is 0.802. The molecule has 1 aliphatic rings. The highest BCUT2D eigenvalue weighted by Crippen LogP contribution is 2.48. The molecule has 0 saturated heterocycles. The van der Waals surface area contributed by atoms with Gasteiger partial charge in [-0.25, -0.2) is 0 Å². The highest BCUT2D eigenvalue weighted by Gasteiger charge is 2.51. The molecule has 1 fully saturated rings. The van der Waals surface area contributed by atoms with Gasteiger partial charge in [-0.05, 0) is 31.2 Å². The largest absolute Gasteiger partial charge is 0.353 e. The van der Waals surface area contributed by atoms with Gasteiger partial charge >= 0.3 is 0 Å².